The Bertz CT molecular complexity index is 289. The molecule has 5 nitrogen and oxygen atoms in total. The van der Waals surface area contributed by atoms with Crippen molar-refractivity contribution in [1.29, 1.82) is 0 Å². The molecule has 1 atom stereocenters. The summed E-state index contributed by atoms with van der Waals surface area (Å²) >= 11 is 1.76. The highest BCUT2D eigenvalue weighted by molar-refractivity contribution is 7.98. The number of hydrogen-bond acceptors (Lipinski definition) is 6. The second kappa shape index (κ2) is 6.09. The molecule has 0 fully saturated rings. The topological polar surface area (TPSA) is 68.2 Å². The second-order valence-electron chi connectivity index (χ2n) is 3.66. The molecule has 1 aromatic heterocycles. The zero-order chi connectivity index (χ0) is 11.3. The second-order valence-corrected chi connectivity index (χ2v) is 4.64. The fraction of sp³-hybridized carbons (Fsp3) is 0.778. The van der Waals surface area contributed by atoms with Gasteiger partial charge in [-0.15, -0.1) is 0 Å². The summed E-state index contributed by atoms with van der Waals surface area (Å²) in [6, 6.07) is -0.174. The van der Waals surface area contributed by atoms with E-state index >= 15 is 0 Å². The Morgan fingerprint density at radius 3 is 2.87 bits per heavy atom. The molecule has 0 bridgehead atoms. The van der Waals surface area contributed by atoms with Crippen molar-refractivity contribution in [2.75, 3.05) is 32.6 Å². The molecule has 0 radical (unpaired) electrons. The molecule has 0 saturated carbocycles. The average Bonchev–Trinajstić information content (AvgIpc) is 2.62. The average molecular weight is 230 g/mol. The Kier molecular flexibility index (Phi) is 5.07. The molecule has 0 aliphatic heterocycles. The fourth-order valence-electron chi connectivity index (χ4n) is 1.18. The highest BCUT2D eigenvalue weighted by Crippen LogP contribution is 2.08. The van der Waals surface area contributed by atoms with E-state index in [4.69, 9.17) is 10.3 Å². The molecule has 0 saturated heterocycles. The quantitative estimate of drug-likeness (QED) is 0.769. The third-order valence-electron chi connectivity index (χ3n) is 1.90. The van der Waals surface area contributed by atoms with Gasteiger partial charge in [-0.1, -0.05) is 5.16 Å². The standard InChI is InChI=1S/C9H18N4OS/c1-13(2)6-7(10)9-11-8(14-12-9)4-5-15-3/h7H,4-6,10H2,1-3H3. The number of nitrogens with two attached hydrogens (primary N) is 1. The normalized spacial score (nSPS) is 13.4. The lowest BCUT2D eigenvalue weighted by Gasteiger charge is -2.12. The van der Waals surface area contributed by atoms with E-state index in [9.17, 15) is 0 Å². The summed E-state index contributed by atoms with van der Waals surface area (Å²) in [6.45, 7) is 0.724. The molecule has 6 heteroatoms. The highest BCUT2D eigenvalue weighted by atomic mass is 32.2. The maximum Gasteiger partial charge on any atom is 0.227 e. The van der Waals surface area contributed by atoms with E-state index in [1.54, 1.807) is 11.8 Å². The summed E-state index contributed by atoms with van der Waals surface area (Å²) in [5.74, 6) is 2.26. The molecule has 1 aromatic rings. The van der Waals surface area contributed by atoms with E-state index in [2.05, 4.69) is 16.4 Å². The van der Waals surface area contributed by atoms with Gasteiger partial charge in [0.05, 0.1) is 6.04 Å². The van der Waals surface area contributed by atoms with Crippen LogP contribution in [-0.4, -0.2) is 47.7 Å². The third-order valence-corrected chi connectivity index (χ3v) is 2.51. The van der Waals surface area contributed by atoms with Gasteiger partial charge in [-0.3, -0.25) is 0 Å². The minimum absolute atomic E-state index is 0.174. The first kappa shape index (κ1) is 12.5. The SMILES string of the molecule is CSCCc1nc(C(N)CN(C)C)no1. The Labute approximate surface area is 94.4 Å². The summed E-state index contributed by atoms with van der Waals surface area (Å²) in [5.41, 5.74) is 5.91. The van der Waals surface area contributed by atoms with Crippen molar-refractivity contribution in [3.63, 3.8) is 0 Å². The molecule has 1 unspecified atom stereocenters. The van der Waals surface area contributed by atoms with Crippen LogP contribution in [0.4, 0.5) is 0 Å². The van der Waals surface area contributed by atoms with Crippen LogP contribution >= 0.6 is 11.8 Å². The van der Waals surface area contributed by atoms with Gasteiger partial charge in [-0.25, -0.2) is 0 Å². The number of nitrogens with zero attached hydrogens (tertiary/aromatic N) is 3. The van der Waals surface area contributed by atoms with Crippen LogP contribution in [0.5, 0.6) is 0 Å². The van der Waals surface area contributed by atoms with Crippen molar-refractivity contribution in [3.8, 4) is 0 Å². The van der Waals surface area contributed by atoms with Crippen LogP contribution in [0.25, 0.3) is 0 Å². The van der Waals surface area contributed by atoms with E-state index in [-0.39, 0.29) is 6.04 Å². The predicted octanol–water partition coefficient (Wildman–Crippen LogP) is 0.536. The maximum absolute atomic E-state index is 5.91. The number of thioether (sulfide) groups is 1. The van der Waals surface area contributed by atoms with Gasteiger partial charge in [-0.05, 0) is 20.4 Å². The minimum atomic E-state index is -0.174. The number of rotatable bonds is 6. The van der Waals surface area contributed by atoms with Crippen molar-refractivity contribution >= 4 is 11.8 Å². The predicted molar refractivity (Wildman–Crippen MR) is 61.9 cm³/mol. The number of likely N-dealkylation sites (N-methyl/N-ethyl adjacent to an activating group) is 1. The van der Waals surface area contributed by atoms with E-state index in [1.807, 2.05) is 19.0 Å². The molecular formula is C9H18N4OS. The largest absolute Gasteiger partial charge is 0.339 e. The van der Waals surface area contributed by atoms with Crippen LogP contribution in [0.3, 0.4) is 0 Å². The Morgan fingerprint density at radius 1 is 1.53 bits per heavy atom. The van der Waals surface area contributed by atoms with Crippen molar-refractivity contribution < 1.29 is 4.52 Å². The van der Waals surface area contributed by atoms with Gasteiger partial charge in [0.1, 0.15) is 0 Å². The van der Waals surface area contributed by atoms with Crippen LogP contribution in [0, 0.1) is 0 Å². The molecule has 15 heavy (non-hydrogen) atoms. The summed E-state index contributed by atoms with van der Waals surface area (Å²) in [5, 5.41) is 3.88. The first-order chi connectivity index (χ1) is 7.13. The Morgan fingerprint density at radius 2 is 2.27 bits per heavy atom. The molecule has 0 spiro atoms. The molecule has 0 aromatic carbocycles. The number of aromatic nitrogens is 2. The van der Waals surface area contributed by atoms with Crippen LogP contribution in [0.1, 0.15) is 17.8 Å². The first-order valence-electron chi connectivity index (χ1n) is 4.85. The Balaban J connectivity index is 2.51. The summed E-state index contributed by atoms with van der Waals surface area (Å²) in [4.78, 5) is 6.26. The minimum Gasteiger partial charge on any atom is -0.339 e. The molecule has 1 heterocycles. The van der Waals surface area contributed by atoms with Crippen molar-refractivity contribution in [2.24, 2.45) is 5.73 Å². The van der Waals surface area contributed by atoms with Crippen LogP contribution in [0.15, 0.2) is 4.52 Å². The van der Waals surface area contributed by atoms with Gasteiger partial charge < -0.3 is 15.2 Å². The molecule has 86 valence electrons. The fourth-order valence-corrected chi connectivity index (χ4v) is 1.56. The summed E-state index contributed by atoms with van der Waals surface area (Å²) < 4.78 is 5.10. The van der Waals surface area contributed by atoms with E-state index in [0.717, 1.165) is 18.7 Å². The molecule has 0 aliphatic rings. The molecule has 2 N–H and O–H groups in total. The summed E-state index contributed by atoms with van der Waals surface area (Å²) in [7, 11) is 3.93. The van der Waals surface area contributed by atoms with Crippen molar-refractivity contribution in [3.05, 3.63) is 11.7 Å². The molecular weight excluding hydrogens is 212 g/mol. The zero-order valence-electron chi connectivity index (χ0n) is 9.43. The maximum atomic E-state index is 5.91. The lowest BCUT2D eigenvalue weighted by Crippen LogP contribution is -2.26. The molecule has 1 rings (SSSR count). The van der Waals surface area contributed by atoms with Gasteiger partial charge in [0.15, 0.2) is 5.82 Å². The zero-order valence-corrected chi connectivity index (χ0v) is 10.3. The van der Waals surface area contributed by atoms with E-state index in [0.29, 0.717) is 11.7 Å². The number of hydrogen-bond donors (Lipinski definition) is 1. The van der Waals surface area contributed by atoms with Gasteiger partial charge in [0.25, 0.3) is 0 Å². The third kappa shape index (κ3) is 4.19. The molecule has 0 amide bonds. The van der Waals surface area contributed by atoms with Crippen LogP contribution in [0.2, 0.25) is 0 Å². The van der Waals surface area contributed by atoms with E-state index < -0.39 is 0 Å². The Hall–Kier alpha value is -0.590. The van der Waals surface area contributed by atoms with Crippen molar-refractivity contribution in [2.45, 2.75) is 12.5 Å². The number of aryl methyl sites for hydroxylation is 1. The highest BCUT2D eigenvalue weighted by Gasteiger charge is 2.14. The van der Waals surface area contributed by atoms with Gasteiger partial charge >= 0.3 is 0 Å². The lowest BCUT2D eigenvalue weighted by molar-refractivity contribution is 0.348. The van der Waals surface area contributed by atoms with Gasteiger partial charge in [-0.2, -0.15) is 16.7 Å². The van der Waals surface area contributed by atoms with Gasteiger partial charge in [0, 0.05) is 18.7 Å². The molecule has 0 aliphatic carbocycles. The van der Waals surface area contributed by atoms with Crippen LogP contribution in [-0.2, 0) is 6.42 Å². The monoisotopic (exact) mass is 230 g/mol. The van der Waals surface area contributed by atoms with Crippen molar-refractivity contribution in [1.82, 2.24) is 15.0 Å². The van der Waals surface area contributed by atoms with Gasteiger partial charge in [0.2, 0.25) is 5.89 Å². The van der Waals surface area contributed by atoms with E-state index in [1.165, 1.54) is 0 Å². The lowest BCUT2D eigenvalue weighted by atomic mass is 10.3. The first-order valence-corrected chi connectivity index (χ1v) is 6.24. The van der Waals surface area contributed by atoms with Crippen LogP contribution < -0.4 is 5.73 Å². The summed E-state index contributed by atoms with van der Waals surface area (Å²) in [6.07, 6.45) is 2.86. The smallest absolute Gasteiger partial charge is 0.227 e.